The van der Waals surface area contributed by atoms with Crippen LogP contribution in [-0.2, 0) is 15.6 Å². The second kappa shape index (κ2) is 4.86. The van der Waals surface area contributed by atoms with Crippen LogP contribution in [0.15, 0.2) is 53.4 Å². The Morgan fingerprint density at radius 3 is 2.17 bits per heavy atom. The first-order valence-electron chi connectivity index (χ1n) is 5.21. The predicted molar refractivity (Wildman–Crippen MR) is 63.7 cm³/mol. The highest BCUT2D eigenvalue weighted by Crippen LogP contribution is 2.18. The van der Waals surface area contributed by atoms with E-state index in [0.29, 0.717) is 11.6 Å². The zero-order chi connectivity index (χ0) is 13.2. The second-order valence-corrected chi connectivity index (χ2v) is 5.81. The Morgan fingerprint density at radius 1 is 0.889 bits per heavy atom. The van der Waals surface area contributed by atoms with Crippen LogP contribution in [-0.4, -0.2) is 8.42 Å². The topological polar surface area (TPSA) is 34.1 Å². The third-order valence-corrected chi connectivity index (χ3v) is 4.14. The molecule has 0 N–H and O–H groups in total. The van der Waals surface area contributed by atoms with E-state index in [1.54, 1.807) is 30.3 Å². The molecule has 0 aliphatic rings. The molecule has 0 amide bonds. The number of halogens is 2. The van der Waals surface area contributed by atoms with Crippen molar-refractivity contribution in [3.63, 3.8) is 0 Å². The van der Waals surface area contributed by atoms with Gasteiger partial charge in [0.1, 0.15) is 0 Å². The minimum absolute atomic E-state index is 0.217. The van der Waals surface area contributed by atoms with Gasteiger partial charge in [0.2, 0.25) is 0 Å². The van der Waals surface area contributed by atoms with Crippen molar-refractivity contribution in [2.45, 2.75) is 10.6 Å². The lowest BCUT2D eigenvalue weighted by Crippen LogP contribution is -2.05. The third-order valence-electron chi connectivity index (χ3n) is 2.45. The van der Waals surface area contributed by atoms with Gasteiger partial charge in [-0.05, 0) is 23.8 Å². The molecule has 0 aromatic heterocycles. The fourth-order valence-electron chi connectivity index (χ4n) is 1.55. The van der Waals surface area contributed by atoms with Gasteiger partial charge in [0, 0.05) is 0 Å². The molecule has 0 radical (unpaired) electrons. The highest BCUT2D eigenvalue weighted by molar-refractivity contribution is 7.90. The van der Waals surface area contributed by atoms with Gasteiger partial charge in [-0.3, -0.25) is 0 Å². The second-order valence-electron chi connectivity index (χ2n) is 3.82. The lowest BCUT2D eigenvalue weighted by atomic mass is 10.2. The Morgan fingerprint density at radius 2 is 1.56 bits per heavy atom. The summed E-state index contributed by atoms with van der Waals surface area (Å²) in [6.07, 6.45) is 0. The quantitative estimate of drug-likeness (QED) is 0.802. The molecule has 0 aliphatic carbocycles. The summed E-state index contributed by atoms with van der Waals surface area (Å²) in [5.41, 5.74) is 0.599. The summed E-state index contributed by atoms with van der Waals surface area (Å²) in [6, 6.07) is 11.1. The monoisotopic (exact) mass is 268 g/mol. The molecule has 0 spiro atoms. The number of benzene rings is 2. The Labute approximate surface area is 104 Å². The van der Waals surface area contributed by atoms with E-state index in [-0.39, 0.29) is 10.6 Å². The van der Waals surface area contributed by atoms with Crippen LogP contribution in [0.4, 0.5) is 8.78 Å². The minimum atomic E-state index is -3.66. The van der Waals surface area contributed by atoms with Gasteiger partial charge in [-0.15, -0.1) is 0 Å². The molecular weight excluding hydrogens is 258 g/mol. The number of rotatable bonds is 3. The van der Waals surface area contributed by atoms with Crippen molar-refractivity contribution in [2.24, 2.45) is 0 Å². The average Bonchev–Trinajstić information content (AvgIpc) is 2.33. The molecule has 0 saturated heterocycles. The van der Waals surface area contributed by atoms with E-state index in [9.17, 15) is 17.2 Å². The first kappa shape index (κ1) is 12.7. The standard InChI is InChI=1S/C13H10F2O2S/c14-12-7-6-11(8-13(12)15)18(16,17)9-10-4-2-1-3-5-10/h1-8H,9H2. The smallest absolute Gasteiger partial charge is 0.182 e. The highest BCUT2D eigenvalue weighted by Gasteiger charge is 2.17. The molecule has 0 fully saturated rings. The van der Waals surface area contributed by atoms with Crippen LogP contribution in [0, 0.1) is 11.6 Å². The predicted octanol–water partition coefficient (Wildman–Crippen LogP) is 2.94. The van der Waals surface area contributed by atoms with Crippen LogP contribution < -0.4 is 0 Å². The lowest BCUT2D eigenvalue weighted by Gasteiger charge is -2.05. The van der Waals surface area contributed by atoms with Crippen molar-refractivity contribution in [2.75, 3.05) is 0 Å². The highest BCUT2D eigenvalue weighted by atomic mass is 32.2. The van der Waals surface area contributed by atoms with E-state index in [0.717, 1.165) is 12.1 Å². The maximum atomic E-state index is 13.0. The van der Waals surface area contributed by atoms with Crippen LogP contribution >= 0.6 is 0 Å². The molecule has 0 unspecified atom stereocenters. The number of sulfone groups is 1. The third kappa shape index (κ3) is 2.73. The van der Waals surface area contributed by atoms with Crippen LogP contribution in [0.5, 0.6) is 0 Å². The summed E-state index contributed by atoms with van der Waals surface area (Å²) >= 11 is 0. The minimum Gasteiger partial charge on any atom is -0.223 e. The Hall–Kier alpha value is -1.75. The van der Waals surface area contributed by atoms with Crippen molar-refractivity contribution >= 4 is 9.84 Å². The normalized spacial score (nSPS) is 11.4. The molecule has 2 aromatic carbocycles. The zero-order valence-electron chi connectivity index (χ0n) is 9.31. The number of hydrogen-bond donors (Lipinski definition) is 0. The van der Waals surface area contributed by atoms with Gasteiger partial charge in [-0.25, -0.2) is 17.2 Å². The molecule has 2 nitrogen and oxygen atoms in total. The summed E-state index contributed by atoms with van der Waals surface area (Å²) in [5, 5.41) is 0. The van der Waals surface area contributed by atoms with E-state index in [1.165, 1.54) is 0 Å². The van der Waals surface area contributed by atoms with Crippen molar-refractivity contribution < 1.29 is 17.2 Å². The molecule has 0 bridgehead atoms. The van der Waals surface area contributed by atoms with Crippen LogP contribution in [0.2, 0.25) is 0 Å². The average molecular weight is 268 g/mol. The summed E-state index contributed by atoms with van der Waals surface area (Å²) in [7, 11) is -3.66. The summed E-state index contributed by atoms with van der Waals surface area (Å²) < 4.78 is 49.7. The summed E-state index contributed by atoms with van der Waals surface area (Å²) in [5.74, 6) is -2.46. The van der Waals surface area contributed by atoms with Crippen molar-refractivity contribution in [1.29, 1.82) is 0 Å². The van der Waals surface area contributed by atoms with E-state index >= 15 is 0 Å². The Kier molecular flexibility index (Phi) is 3.43. The van der Waals surface area contributed by atoms with Gasteiger partial charge in [0.15, 0.2) is 21.5 Å². The maximum absolute atomic E-state index is 13.0. The van der Waals surface area contributed by atoms with E-state index < -0.39 is 21.5 Å². The molecule has 2 aromatic rings. The molecule has 94 valence electrons. The fourth-order valence-corrected chi connectivity index (χ4v) is 2.90. The first-order chi connectivity index (χ1) is 8.49. The van der Waals surface area contributed by atoms with E-state index in [2.05, 4.69) is 0 Å². The molecule has 18 heavy (non-hydrogen) atoms. The molecule has 0 aliphatic heterocycles. The SMILES string of the molecule is O=S(=O)(Cc1ccccc1)c1ccc(F)c(F)c1. The van der Waals surface area contributed by atoms with E-state index in [1.807, 2.05) is 0 Å². The van der Waals surface area contributed by atoms with Crippen LogP contribution in [0.3, 0.4) is 0 Å². The maximum Gasteiger partial charge on any atom is 0.182 e. The molecule has 0 saturated carbocycles. The van der Waals surface area contributed by atoms with Crippen molar-refractivity contribution in [3.05, 3.63) is 65.7 Å². The van der Waals surface area contributed by atoms with Gasteiger partial charge < -0.3 is 0 Å². The Balaban J connectivity index is 2.34. The van der Waals surface area contributed by atoms with Crippen molar-refractivity contribution in [3.8, 4) is 0 Å². The van der Waals surface area contributed by atoms with Gasteiger partial charge in [-0.2, -0.15) is 0 Å². The van der Waals surface area contributed by atoms with E-state index in [4.69, 9.17) is 0 Å². The first-order valence-corrected chi connectivity index (χ1v) is 6.86. The summed E-state index contributed by atoms with van der Waals surface area (Å²) in [4.78, 5) is -0.217. The number of hydrogen-bond acceptors (Lipinski definition) is 2. The van der Waals surface area contributed by atoms with Gasteiger partial charge in [-0.1, -0.05) is 30.3 Å². The molecule has 2 rings (SSSR count). The van der Waals surface area contributed by atoms with Crippen LogP contribution in [0.25, 0.3) is 0 Å². The molecule has 0 atom stereocenters. The molecule has 0 heterocycles. The summed E-state index contributed by atoms with van der Waals surface area (Å²) in [6.45, 7) is 0. The van der Waals surface area contributed by atoms with Crippen LogP contribution in [0.1, 0.15) is 5.56 Å². The van der Waals surface area contributed by atoms with Gasteiger partial charge >= 0.3 is 0 Å². The molecular formula is C13H10F2O2S. The van der Waals surface area contributed by atoms with Gasteiger partial charge in [0.25, 0.3) is 0 Å². The Bertz CT molecular complexity index is 652. The van der Waals surface area contributed by atoms with Gasteiger partial charge in [0.05, 0.1) is 10.6 Å². The molecule has 5 heteroatoms. The van der Waals surface area contributed by atoms with Crippen molar-refractivity contribution in [1.82, 2.24) is 0 Å². The zero-order valence-corrected chi connectivity index (χ0v) is 10.1. The fraction of sp³-hybridized carbons (Fsp3) is 0.0769. The lowest BCUT2D eigenvalue weighted by molar-refractivity contribution is 0.504. The largest absolute Gasteiger partial charge is 0.223 e.